The quantitative estimate of drug-likeness (QED) is 0.0638. The molecule has 5 aromatic heterocycles. The molecule has 0 aliphatic heterocycles. The van der Waals surface area contributed by atoms with Crippen LogP contribution in [-0.2, 0) is 99.6 Å². The molecule has 0 atom stereocenters. The van der Waals surface area contributed by atoms with Gasteiger partial charge in [0.25, 0.3) is 0 Å². The van der Waals surface area contributed by atoms with Crippen molar-refractivity contribution < 1.29 is 129 Å². The molecule has 4 N–H and O–H groups in total. The van der Waals surface area contributed by atoms with E-state index < -0.39 is 11.6 Å². The molecule has 5 aromatic carbocycles. The Labute approximate surface area is 574 Å². The van der Waals surface area contributed by atoms with Gasteiger partial charge in [-0.05, 0) is 107 Å². The molecule has 0 aliphatic rings. The van der Waals surface area contributed by atoms with E-state index in [2.05, 4.69) is 68.5 Å². The summed E-state index contributed by atoms with van der Waals surface area (Å²) in [6.45, 7) is 11.4. The van der Waals surface area contributed by atoms with Crippen LogP contribution in [0.4, 0.5) is 8.78 Å². The van der Waals surface area contributed by atoms with Gasteiger partial charge in [-0.1, -0.05) is 72.3 Å². The zero-order valence-corrected chi connectivity index (χ0v) is 60.0. The molecule has 468 valence electrons. The number of benzene rings is 5. The molecule has 0 saturated carbocycles. The van der Waals surface area contributed by atoms with E-state index in [0.717, 1.165) is 50.0 Å². The Morgan fingerprint density at radius 1 is 0.455 bits per heavy atom. The number of rotatable bonds is 8. The van der Waals surface area contributed by atoms with Gasteiger partial charge in [0.15, 0.2) is 23.1 Å². The van der Waals surface area contributed by atoms with Crippen molar-refractivity contribution in [2.75, 3.05) is 0 Å². The van der Waals surface area contributed by atoms with Crippen molar-refractivity contribution in [3.8, 4) is 43.7 Å². The zero-order chi connectivity index (χ0) is 61.8. The summed E-state index contributed by atoms with van der Waals surface area (Å²) in [7, 11) is 0. The number of para-hydroxylation sites is 1. The molecular formula is C68H62F2Ir4N4O8S2-4. The summed E-state index contributed by atoms with van der Waals surface area (Å²) in [5.74, 6) is -1.54. The maximum absolute atomic E-state index is 13.2. The van der Waals surface area contributed by atoms with Gasteiger partial charge in [0, 0.05) is 150 Å². The van der Waals surface area contributed by atoms with Crippen LogP contribution in [0.3, 0.4) is 0 Å². The second-order valence-electron chi connectivity index (χ2n) is 17.4. The van der Waals surface area contributed by atoms with Crippen LogP contribution in [0, 0.1) is 35.9 Å². The monoisotopic (exact) mass is 1940 g/mol. The fourth-order valence-electron chi connectivity index (χ4n) is 6.45. The molecule has 4 radical (unpaired) electrons. The molecule has 0 saturated heterocycles. The van der Waals surface area contributed by atoms with Gasteiger partial charge in [-0.2, -0.15) is 11.3 Å². The number of halogens is 2. The smallest absolute Gasteiger partial charge is 0.155 e. The first kappa shape index (κ1) is 82.8. The first-order valence-corrected chi connectivity index (χ1v) is 27.1. The average Bonchev–Trinajstić information content (AvgIpc) is 3.62. The zero-order valence-electron chi connectivity index (χ0n) is 48.7. The summed E-state index contributed by atoms with van der Waals surface area (Å²) in [5, 5.41) is 35.7. The normalized spacial score (nSPS) is 10.2. The van der Waals surface area contributed by atoms with Gasteiger partial charge in [0.2, 0.25) is 0 Å². The molecule has 10 aromatic rings. The third-order valence-corrected chi connectivity index (χ3v) is 11.7. The topological polar surface area (TPSA) is 201 Å². The standard InChI is InChI=1S/2C13H8NS.C11H6F2N.C11H8N.4C5H8O2.4Ir/c1-2-7-12-10(5-1)9-13(15-12)11-6-3-4-8-14-11;1-2-6-10(7-3-1)13-14-11-8-4-5-9-12(11)15-13;12-8-4-5-9(10(13)7-8)11-3-1-2-6-14-11;1-2-6-10(7-3-1)11-8-4-5-9-12-11;4*1-4(6)3-5(2)7;;;;/h1-8H;1-6,8-9H;1-4,6-7H;1-6,8-9H;4*3,6H,1-2H3;;;;/q4*-1;;;;;;;;. The number of allylic oxidation sites excluding steroid dienone is 8. The van der Waals surface area contributed by atoms with Crippen molar-refractivity contribution in [2.45, 2.75) is 55.4 Å². The Morgan fingerprint density at radius 3 is 1.25 bits per heavy atom. The maximum atomic E-state index is 13.2. The third kappa shape index (κ3) is 35.5. The van der Waals surface area contributed by atoms with E-state index in [4.69, 9.17) is 20.4 Å². The van der Waals surface area contributed by atoms with Crippen LogP contribution in [0.15, 0.2) is 230 Å². The van der Waals surface area contributed by atoms with Crippen LogP contribution in [0.25, 0.3) is 64.0 Å². The Bertz CT molecular complexity index is 3420. The maximum Gasteiger partial charge on any atom is 0.155 e. The molecule has 0 aliphatic carbocycles. The number of nitrogens with zero attached hydrogens (tertiary/aromatic N) is 4. The van der Waals surface area contributed by atoms with Crippen molar-refractivity contribution in [1.82, 2.24) is 19.9 Å². The van der Waals surface area contributed by atoms with E-state index in [0.29, 0.717) is 5.69 Å². The molecule has 0 amide bonds. The number of aliphatic hydroxyl groups excluding tert-OH is 4. The fraction of sp³-hybridized carbons (Fsp3) is 0.118. The summed E-state index contributed by atoms with van der Waals surface area (Å²) >= 11 is 3.44. The molecular weight excluding hydrogens is 1870 g/mol. The van der Waals surface area contributed by atoms with E-state index in [1.807, 2.05) is 115 Å². The van der Waals surface area contributed by atoms with Gasteiger partial charge in [-0.25, -0.2) is 11.3 Å². The van der Waals surface area contributed by atoms with Gasteiger partial charge in [-0.15, -0.1) is 108 Å². The van der Waals surface area contributed by atoms with Crippen LogP contribution < -0.4 is 0 Å². The van der Waals surface area contributed by atoms with Crippen molar-refractivity contribution in [3.05, 3.63) is 266 Å². The predicted molar refractivity (Wildman–Crippen MR) is 333 cm³/mol. The summed E-state index contributed by atoms with van der Waals surface area (Å²) in [4.78, 5) is 58.2. The van der Waals surface area contributed by atoms with Crippen molar-refractivity contribution in [1.29, 1.82) is 0 Å². The second kappa shape index (κ2) is 46.8. The van der Waals surface area contributed by atoms with E-state index >= 15 is 0 Å². The van der Waals surface area contributed by atoms with Crippen LogP contribution in [0.2, 0.25) is 0 Å². The van der Waals surface area contributed by atoms with Crippen LogP contribution in [0.5, 0.6) is 0 Å². The number of hydrogen-bond donors (Lipinski definition) is 4. The van der Waals surface area contributed by atoms with E-state index in [-0.39, 0.29) is 132 Å². The van der Waals surface area contributed by atoms with Gasteiger partial charge in [-0.3, -0.25) is 32.9 Å². The largest absolute Gasteiger partial charge is 0.512 e. The number of thiophene rings is 1. The average molecular weight is 1930 g/mol. The van der Waals surface area contributed by atoms with Crippen LogP contribution >= 0.6 is 22.7 Å². The van der Waals surface area contributed by atoms with E-state index in [9.17, 15) is 28.0 Å². The number of aliphatic hydroxyl groups is 4. The van der Waals surface area contributed by atoms with E-state index in [1.165, 1.54) is 94.5 Å². The summed E-state index contributed by atoms with van der Waals surface area (Å²) in [5.41, 5.74) is 5.78. The molecule has 0 unspecified atom stereocenters. The number of ketones is 4. The molecule has 12 nitrogen and oxygen atoms in total. The first-order valence-electron chi connectivity index (χ1n) is 25.4. The minimum atomic E-state index is -0.649. The molecule has 10 rings (SSSR count). The number of carbonyl (C=O) groups excluding carboxylic acids is 4. The number of carbonyl (C=O) groups is 4. The van der Waals surface area contributed by atoms with Crippen molar-refractivity contribution in [2.24, 2.45) is 0 Å². The van der Waals surface area contributed by atoms with Crippen molar-refractivity contribution in [3.63, 3.8) is 0 Å². The van der Waals surface area contributed by atoms with Crippen LogP contribution in [0.1, 0.15) is 55.4 Å². The Morgan fingerprint density at radius 2 is 0.864 bits per heavy atom. The first-order chi connectivity index (χ1) is 40.1. The van der Waals surface area contributed by atoms with Crippen molar-refractivity contribution >= 4 is 66.1 Å². The molecule has 0 spiro atoms. The van der Waals surface area contributed by atoms with Gasteiger partial charge in [0.1, 0.15) is 0 Å². The SMILES string of the molecule is CC(=O)C=C(C)O.CC(=O)C=C(C)O.CC(=O)C=C(C)O.CC(=O)C=C(C)O.Fc1c[c-]c(-c2ccccn2)c(F)c1.[Ir].[Ir].[Ir].[Ir].[c-]1c(-c2ccccn2)sc2ccccc12.[c-]1ccccc1-c1ccccn1.[c-]1ccccc1-c1nc2ccccc2s1. The van der Waals surface area contributed by atoms with Gasteiger partial charge >= 0.3 is 0 Å². The summed E-state index contributed by atoms with van der Waals surface area (Å²) in [6, 6.07) is 63.3. The number of fused-ring (bicyclic) bond motifs is 2. The number of aromatic nitrogens is 4. The summed E-state index contributed by atoms with van der Waals surface area (Å²) < 4.78 is 28.3. The minimum Gasteiger partial charge on any atom is -0.512 e. The Kier molecular flexibility index (Phi) is 44.0. The fourth-order valence-corrected chi connectivity index (χ4v) is 8.38. The van der Waals surface area contributed by atoms with Gasteiger partial charge in [0.05, 0.1) is 28.6 Å². The third-order valence-electron chi connectivity index (χ3n) is 9.56. The predicted octanol–water partition coefficient (Wildman–Crippen LogP) is 17.0. The molecule has 88 heavy (non-hydrogen) atoms. The number of thiazole rings is 1. The Balaban J connectivity index is 0. The molecule has 0 bridgehead atoms. The molecule has 5 heterocycles. The summed E-state index contributed by atoms with van der Waals surface area (Å²) in [6.07, 6.45) is 9.82. The Hall–Kier alpha value is -7.30. The molecule has 20 heteroatoms. The second-order valence-corrected chi connectivity index (χ2v) is 19.4. The number of pyridine rings is 3. The van der Waals surface area contributed by atoms with E-state index in [1.54, 1.807) is 53.3 Å². The minimum absolute atomic E-state index is 0. The number of hydrogen-bond acceptors (Lipinski definition) is 14. The molecule has 0 fully saturated rings. The van der Waals surface area contributed by atoms with Gasteiger partial charge < -0.3 is 35.4 Å². The van der Waals surface area contributed by atoms with Crippen LogP contribution in [-0.4, -0.2) is 63.5 Å².